The molecule has 2 bridgehead atoms. The first-order chi connectivity index (χ1) is 5.90. The van der Waals surface area contributed by atoms with E-state index in [9.17, 15) is 4.79 Å². The van der Waals surface area contributed by atoms with E-state index < -0.39 is 0 Å². The largest absolute Gasteiger partial charge is 0.303 e. The Morgan fingerprint density at radius 3 is 2.67 bits per heavy atom. The average Bonchev–Trinajstić information content (AvgIpc) is 2.75. The minimum absolute atomic E-state index is 0.453. The standard InChI is InChI=1S/C11H16O/c12-6-8-4-7-5-11(8)10-3-1-2-9(7)10/h6-11H,1-5H2/t7?,8?,9?,10-,11?/m1/s1. The number of fused-ring (bicyclic) bond motifs is 5. The third-order valence-electron chi connectivity index (χ3n) is 4.65. The Hall–Kier alpha value is -0.330. The van der Waals surface area contributed by atoms with Crippen LogP contribution in [0.3, 0.4) is 0 Å². The van der Waals surface area contributed by atoms with E-state index in [1.165, 1.54) is 38.4 Å². The second-order valence-electron chi connectivity index (χ2n) is 4.95. The maximum Gasteiger partial charge on any atom is 0.123 e. The van der Waals surface area contributed by atoms with E-state index in [0.29, 0.717) is 5.92 Å². The molecular weight excluding hydrogens is 148 g/mol. The van der Waals surface area contributed by atoms with Crippen molar-refractivity contribution in [2.75, 3.05) is 0 Å². The summed E-state index contributed by atoms with van der Waals surface area (Å²) >= 11 is 0. The van der Waals surface area contributed by atoms with Crippen LogP contribution in [0.1, 0.15) is 32.1 Å². The van der Waals surface area contributed by atoms with Crippen LogP contribution in [-0.2, 0) is 4.79 Å². The lowest BCUT2D eigenvalue weighted by Crippen LogP contribution is -2.24. The summed E-state index contributed by atoms with van der Waals surface area (Å²) in [7, 11) is 0. The quantitative estimate of drug-likeness (QED) is 0.543. The molecule has 0 heterocycles. The fourth-order valence-corrected chi connectivity index (χ4v) is 4.28. The molecule has 0 radical (unpaired) electrons. The van der Waals surface area contributed by atoms with Gasteiger partial charge in [-0.25, -0.2) is 0 Å². The molecule has 3 rings (SSSR count). The summed E-state index contributed by atoms with van der Waals surface area (Å²) in [5.74, 6) is 4.19. The van der Waals surface area contributed by atoms with Gasteiger partial charge in [0.1, 0.15) is 6.29 Å². The van der Waals surface area contributed by atoms with E-state index in [-0.39, 0.29) is 0 Å². The topological polar surface area (TPSA) is 17.1 Å². The number of hydrogen-bond acceptors (Lipinski definition) is 1. The van der Waals surface area contributed by atoms with Crippen molar-refractivity contribution >= 4 is 6.29 Å². The zero-order valence-electron chi connectivity index (χ0n) is 7.41. The number of carbonyl (C=O) groups excluding carboxylic acids is 1. The van der Waals surface area contributed by atoms with Crippen molar-refractivity contribution in [3.05, 3.63) is 0 Å². The van der Waals surface area contributed by atoms with Crippen LogP contribution in [0.2, 0.25) is 0 Å². The van der Waals surface area contributed by atoms with Gasteiger partial charge < -0.3 is 4.79 Å². The van der Waals surface area contributed by atoms with Gasteiger partial charge in [-0.05, 0) is 49.4 Å². The van der Waals surface area contributed by atoms with Crippen LogP contribution in [0, 0.1) is 29.6 Å². The highest BCUT2D eigenvalue weighted by molar-refractivity contribution is 5.55. The van der Waals surface area contributed by atoms with E-state index in [4.69, 9.17) is 0 Å². The molecule has 66 valence electrons. The minimum atomic E-state index is 0.453. The Bertz CT molecular complexity index is 211. The molecule has 4 unspecified atom stereocenters. The van der Waals surface area contributed by atoms with Crippen LogP contribution in [0.4, 0.5) is 0 Å². The summed E-state index contributed by atoms with van der Waals surface area (Å²) < 4.78 is 0. The van der Waals surface area contributed by atoms with Gasteiger partial charge in [-0.1, -0.05) is 6.42 Å². The summed E-state index contributed by atoms with van der Waals surface area (Å²) in [6, 6.07) is 0. The van der Waals surface area contributed by atoms with Gasteiger partial charge in [0.2, 0.25) is 0 Å². The molecule has 0 spiro atoms. The van der Waals surface area contributed by atoms with Gasteiger partial charge in [-0.3, -0.25) is 0 Å². The molecule has 3 aliphatic carbocycles. The first-order valence-electron chi connectivity index (χ1n) is 5.35. The fraction of sp³-hybridized carbons (Fsp3) is 0.909. The van der Waals surface area contributed by atoms with Crippen molar-refractivity contribution < 1.29 is 4.79 Å². The number of hydrogen-bond donors (Lipinski definition) is 0. The zero-order chi connectivity index (χ0) is 8.13. The molecule has 0 aromatic heterocycles. The second kappa shape index (κ2) is 2.34. The minimum Gasteiger partial charge on any atom is -0.303 e. The molecular formula is C11H16O. The fourth-order valence-electron chi connectivity index (χ4n) is 4.28. The van der Waals surface area contributed by atoms with Gasteiger partial charge in [-0.2, -0.15) is 0 Å². The van der Waals surface area contributed by atoms with Gasteiger partial charge in [0.25, 0.3) is 0 Å². The normalized spacial score (nSPS) is 55.8. The smallest absolute Gasteiger partial charge is 0.123 e. The molecule has 3 fully saturated rings. The predicted molar refractivity (Wildman–Crippen MR) is 46.6 cm³/mol. The van der Waals surface area contributed by atoms with Crippen molar-refractivity contribution in [2.24, 2.45) is 29.6 Å². The Labute approximate surface area is 73.5 Å². The van der Waals surface area contributed by atoms with E-state index in [2.05, 4.69) is 0 Å². The van der Waals surface area contributed by atoms with Crippen molar-refractivity contribution in [3.63, 3.8) is 0 Å². The monoisotopic (exact) mass is 164 g/mol. The first-order valence-corrected chi connectivity index (χ1v) is 5.35. The van der Waals surface area contributed by atoms with Gasteiger partial charge in [0, 0.05) is 5.92 Å². The molecule has 3 aliphatic rings. The van der Waals surface area contributed by atoms with Crippen LogP contribution in [0.25, 0.3) is 0 Å². The SMILES string of the molecule is O=CC1CC2CC1[C@@H]1CCCC21. The molecule has 3 saturated carbocycles. The van der Waals surface area contributed by atoms with Crippen LogP contribution in [0.15, 0.2) is 0 Å². The highest BCUT2D eigenvalue weighted by atomic mass is 16.1. The summed E-state index contributed by atoms with van der Waals surface area (Å²) in [6.45, 7) is 0. The Morgan fingerprint density at radius 1 is 1.00 bits per heavy atom. The Morgan fingerprint density at radius 2 is 1.83 bits per heavy atom. The van der Waals surface area contributed by atoms with Crippen LogP contribution in [-0.4, -0.2) is 6.29 Å². The Balaban J connectivity index is 1.87. The molecule has 1 heteroatoms. The summed E-state index contributed by atoms with van der Waals surface area (Å²) in [5, 5.41) is 0. The lowest BCUT2D eigenvalue weighted by Gasteiger charge is -2.28. The van der Waals surface area contributed by atoms with Crippen LogP contribution >= 0.6 is 0 Å². The number of rotatable bonds is 1. The molecule has 1 nitrogen and oxygen atoms in total. The van der Waals surface area contributed by atoms with Gasteiger partial charge in [0.15, 0.2) is 0 Å². The molecule has 0 saturated heterocycles. The molecule has 0 aromatic carbocycles. The third-order valence-corrected chi connectivity index (χ3v) is 4.65. The summed E-state index contributed by atoms with van der Waals surface area (Å²) in [6.07, 6.45) is 8.19. The number of aldehydes is 1. The molecule has 12 heavy (non-hydrogen) atoms. The van der Waals surface area contributed by atoms with Crippen molar-refractivity contribution in [2.45, 2.75) is 32.1 Å². The molecule has 0 amide bonds. The van der Waals surface area contributed by atoms with Gasteiger partial charge >= 0.3 is 0 Å². The van der Waals surface area contributed by atoms with Gasteiger partial charge in [-0.15, -0.1) is 0 Å². The second-order valence-corrected chi connectivity index (χ2v) is 4.95. The highest BCUT2D eigenvalue weighted by Crippen LogP contribution is 2.60. The lowest BCUT2D eigenvalue weighted by molar-refractivity contribution is -0.113. The lowest BCUT2D eigenvalue weighted by atomic mass is 9.76. The predicted octanol–water partition coefficient (Wildman–Crippen LogP) is 2.26. The van der Waals surface area contributed by atoms with E-state index in [0.717, 1.165) is 23.7 Å². The van der Waals surface area contributed by atoms with Crippen molar-refractivity contribution in [3.8, 4) is 0 Å². The van der Waals surface area contributed by atoms with E-state index in [1.54, 1.807) is 0 Å². The molecule has 0 aliphatic heterocycles. The first kappa shape index (κ1) is 7.11. The Kier molecular flexibility index (Phi) is 1.38. The van der Waals surface area contributed by atoms with Crippen molar-refractivity contribution in [1.82, 2.24) is 0 Å². The van der Waals surface area contributed by atoms with Crippen LogP contribution in [0.5, 0.6) is 0 Å². The van der Waals surface area contributed by atoms with E-state index in [1.807, 2.05) is 0 Å². The highest BCUT2D eigenvalue weighted by Gasteiger charge is 2.53. The molecule has 0 aromatic rings. The zero-order valence-corrected chi connectivity index (χ0v) is 7.41. The van der Waals surface area contributed by atoms with Gasteiger partial charge in [0.05, 0.1) is 0 Å². The molecule has 0 N–H and O–H groups in total. The summed E-state index contributed by atoms with van der Waals surface area (Å²) in [4.78, 5) is 10.8. The molecule has 5 atom stereocenters. The average molecular weight is 164 g/mol. The third kappa shape index (κ3) is 0.725. The van der Waals surface area contributed by atoms with Crippen molar-refractivity contribution in [1.29, 1.82) is 0 Å². The maximum absolute atomic E-state index is 10.8. The van der Waals surface area contributed by atoms with Crippen LogP contribution < -0.4 is 0 Å². The maximum atomic E-state index is 10.8. The number of carbonyl (C=O) groups is 1. The summed E-state index contributed by atoms with van der Waals surface area (Å²) in [5.41, 5.74) is 0. The van der Waals surface area contributed by atoms with E-state index >= 15 is 0 Å².